The molecule has 1 aliphatic heterocycles. The van der Waals surface area contributed by atoms with E-state index in [-0.39, 0.29) is 5.91 Å². The molecule has 1 fully saturated rings. The lowest BCUT2D eigenvalue weighted by Gasteiger charge is -2.14. The Morgan fingerprint density at radius 2 is 2.21 bits per heavy atom. The predicted octanol–water partition coefficient (Wildman–Crippen LogP) is 2.14. The molecule has 6 nitrogen and oxygen atoms in total. The predicted molar refractivity (Wildman–Crippen MR) is 92.6 cm³/mol. The van der Waals surface area contributed by atoms with Crippen molar-refractivity contribution < 1.29 is 4.79 Å². The number of aromatic amines is 2. The van der Waals surface area contributed by atoms with Crippen LogP contribution in [0.4, 0.5) is 0 Å². The van der Waals surface area contributed by atoms with E-state index in [4.69, 9.17) is 0 Å². The number of aromatic nitrogens is 3. The highest BCUT2D eigenvalue weighted by Crippen LogP contribution is 2.19. The number of H-pyrrole nitrogens is 2. The van der Waals surface area contributed by atoms with Crippen LogP contribution in [0.2, 0.25) is 0 Å². The van der Waals surface area contributed by atoms with Gasteiger partial charge in [0.05, 0.1) is 17.6 Å². The van der Waals surface area contributed by atoms with Gasteiger partial charge >= 0.3 is 0 Å². The molecule has 0 spiro atoms. The Balaban J connectivity index is 1.29. The largest absolute Gasteiger partial charge is 0.357 e. The van der Waals surface area contributed by atoms with Gasteiger partial charge in [-0.1, -0.05) is 12.1 Å². The first kappa shape index (κ1) is 15.0. The molecule has 3 heterocycles. The molecule has 24 heavy (non-hydrogen) atoms. The van der Waals surface area contributed by atoms with Crippen LogP contribution in [0.5, 0.6) is 0 Å². The van der Waals surface area contributed by atoms with E-state index in [1.165, 1.54) is 0 Å². The highest BCUT2D eigenvalue weighted by molar-refractivity contribution is 5.92. The molecule has 124 valence electrons. The number of nitrogens with zero attached hydrogens (tertiary/aromatic N) is 2. The Hall–Kier alpha value is -2.60. The number of carbonyl (C=O) groups is 1. The molecule has 1 atom stereocenters. The fourth-order valence-electron chi connectivity index (χ4n) is 3.32. The number of para-hydroxylation sites is 2. The zero-order valence-electron chi connectivity index (χ0n) is 13.5. The molecule has 0 unspecified atom stereocenters. The molecule has 2 aromatic heterocycles. The number of hydrogen-bond acceptors (Lipinski definition) is 3. The highest BCUT2D eigenvalue weighted by atomic mass is 16.1. The molecule has 0 radical (unpaired) electrons. The molecular weight excluding hydrogens is 302 g/mol. The number of imidazole rings is 1. The fourth-order valence-corrected chi connectivity index (χ4v) is 3.32. The van der Waals surface area contributed by atoms with Gasteiger partial charge in [0.2, 0.25) is 0 Å². The number of likely N-dealkylation sites (tertiary alicyclic amines) is 1. The van der Waals surface area contributed by atoms with Crippen LogP contribution in [-0.4, -0.2) is 45.4 Å². The van der Waals surface area contributed by atoms with E-state index in [1.807, 2.05) is 24.3 Å². The summed E-state index contributed by atoms with van der Waals surface area (Å²) in [6.07, 6.45) is 2.87. The van der Waals surface area contributed by atoms with Crippen molar-refractivity contribution in [3.05, 3.63) is 54.1 Å². The maximum atomic E-state index is 12.0. The van der Waals surface area contributed by atoms with Gasteiger partial charge in [-0.3, -0.25) is 9.69 Å². The molecule has 3 aromatic rings. The molecule has 1 amide bonds. The van der Waals surface area contributed by atoms with Crippen LogP contribution in [0.3, 0.4) is 0 Å². The van der Waals surface area contributed by atoms with Crippen molar-refractivity contribution in [1.82, 2.24) is 25.2 Å². The third-order valence-electron chi connectivity index (χ3n) is 4.58. The van der Waals surface area contributed by atoms with Crippen LogP contribution in [0.1, 0.15) is 22.7 Å². The van der Waals surface area contributed by atoms with Crippen LogP contribution in [0.25, 0.3) is 11.0 Å². The molecule has 0 bridgehead atoms. The van der Waals surface area contributed by atoms with Gasteiger partial charge < -0.3 is 15.3 Å². The Morgan fingerprint density at radius 1 is 1.29 bits per heavy atom. The number of amides is 1. The summed E-state index contributed by atoms with van der Waals surface area (Å²) in [6.45, 7) is 3.58. The normalized spacial score (nSPS) is 18.2. The lowest BCUT2D eigenvalue weighted by atomic mass is 10.1. The lowest BCUT2D eigenvalue weighted by molar-refractivity contribution is 0.0943. The Labute approximate surface area is 140 Å². The molecule has 1 aliphatic rings. The van der Waals surface area contributed by atoms with Crippen molar-refractivity contribution in [2.24, 2.45) is 5.92 Å². The molecule has 6 heteroatoms. The summed E-state index contributed by atoms with van der Waals surface area (Å²) in [7, 11) is 0. The van der Waals surface area contributed by atoms with E-state index in [1.54, 1.807) is 12.3 Å². The number of benzene rings is 1. The van der Waals surface area contributed by atoms with Gasteiger partial charge in [0, 0.05) is 19.3 Å². The average molecular weight is 323 g/mol. The second kappa shape index (κ2) is 6.49. The summed E-state index contributed by atoms with van der Waals surface area (Å²) < 4.78 is 0. The van der Waals surface area contributed by atoms with Gasteiger partial charge in [-0.25, -0.2) is 4.98 Å². The fraction of sp³-hybridized carbons (Fsp3) is 0.333. The maximum Gasteiger partial charge on any atom is 0.267 e. The first-order valence-corrected chi connectivity index (χ1v) is 8.35. The molecular formula is C18H21N5O. The average Bonchev–Trinajstić information content (AvgIpc) is 3.33. The zero-order chi connectivity index (χ0) is 16.4. The zero-order valence-corrected chi connectivity index (χ0v) is 13.5. The van der Waals surface area contributed by atoms with Crippen molar-refractivity contribution >= 4 is 16.9 Å². The minimum Gasteiger partial charge on any atom is -0.357 e. The minimum atomic E-state index is -0.0317. The van der Waals surface area contributed by atoms with Gasteiger partial charge in [-0.2, -0.15) is 0 Å². The summed E-state index contributed by atoms with van der Waals surface area (Å²) in [5.74, 6) is 1.47. The van der Waals surface area contributed by atoms with E-state index in [0.717, 1.165) is 42.9 Å². The monoisotopic (exact) mass is 323 g/mol. The summed E-state index contributed by atoms with van der Waals surface area (Å²) in [5.41, 5.74) is 2.72. The molecule has 1 saturated heterocycles. The van der Waals surface area contributed by atoms with E-state index in [9.17, 15) is 4.79 Å². The Bertz CT molecular complexity index is 790. The topological polar surface area (TPSA) is 76.8 Å². The van der Waals surface area contributed by atoms with Crippen LogP contribution in [0, 0.1) is 5.92 Å². The van der Waals surface area contributed by atoms with Crippen LogP contribution >= 0.6 is 0 Å². The SMILES string of the molecule is O=C(NC[C@@H]1CCN(Cc2nc3ccccc3[nH]2)C1)c1ccc[nH]1. The van der Waals surface area contributed by atoms with E-state index < -0.39 is 0 Å². The van der Waals surface area contributed by atoms with E-state index in [0.29, 0.717) is 18.2 Å². The van der Waals surface area contributed by atoms with Crippen molar-refractivity contribution in [1.29, 1.82) is 0 Å². The first-order valence-electron chi connectivity index (χ1n) is 8.35. The third kappa shape index (κ3) is 3.19. The van der Waals surface area contributed by atoms with E-state index >= 15 is 0 Å². The summed E-state index contributed by atoms with van der Waals surface area (Å²) in [5, 5.41) is 3.01. The first-order chi connectivity index (χ1) is 11.8. The second-order valence-electron chi connectivity index (χ2n) is 6.38. The van der Waals surface area contributed by atoms with Crippen LogP contribution in [0.15, 0.2) is 42.6 Å². The maximum absolute atomic E-state index is 12.0. The van der Waals surface area contributed by atoms with Crippen molar-refractivity contribution in [2.75, 3.05) is 19.6 Å². The summed E-state index contributed by atoms with van der Waals surface area (Å²) in [6, 6.07) is 11.7. The van der Waals surface area contributed by atoms with Gasteiger partial charge in [-0.05, 0) is 43.1 Å². The highest BCUT2D eigenvalue weighted by Gasteiger charge is 2.23. The quantitative estimate of drug-likeness (QED) is 0.673. The van der Waals surface area contributed by atoms with Crippen LogP contribution in [-0.2, 0) is 6.54 Å². The third-order valence-corrected chi connectivity index (χ3v) is 4.58. The van der Waals surface area contributed by atoms with Gasteiger partial charge in [-0.15, -0.1) is 0 Å². The molecule has 0 saturated carbocycles. The number of fused-ring (bicyclic) bond motifs is 1. The Morgan fingerprint density at radius 3 is 3.04 bits per heavy atom. The number of carbonyl (C=O) groups excluding carboxylic acids is 1. The van der Waals surface area contributed by atoms with Crippen LogP contribution < -0.4 is 5.32 Å². The van der Waals surface area contributed by atoms with Crippen molar-refractivity contribution in [3.8, 4) is 0 Å². The summed E-state index contributed by atoms with van der Waals surface area (Å²) >= 11 is 0. The molecule has 4 rings (SSSR count). The number of hydrogen-bond donors (Lipinski definition) is 3. The van der Waals surface area contributed by atoms with Crippen molar-refractivity contribution in [2.45, 2.75) is 13.0 Å². The molecule has 0 aliphatic carbocycles. The standard InChI is InChI=1S/C18H21N5O/c24-18(16-6-3-8-19-16)20-10-13-7-9-23(11-13)12-17-21-14-4-1-2-5-15(14)22-17/h1-6,8,13,19H,7,9-12H2,(H,20,24)(H,21,22)/t13-/m0/s1. The van der Waals surface area contributed by atoms with Crippen molar-refractivity contribution in [3.63, 3.8) is 0 Å². The summed E-state index contributed by atoms with van der Waals surface area (Å²) in [4.78, 5) is 25.3. The van der Waals surface area contributed by atoms with Gasteiger partial charge in [0.1, 0.15) is 11.5 Å². The lowest BCUT2D eigenvalue weighted by Crippen LogP contribution is -2.31. The van der Waals surface area contributed by atoms with Gasteiger partial charge in [0.25, 0.3) is 5.91 Å². The molecule has 3 N–H and O–H groups in total. The number of rotatable bonds is 5. The smallest absolute Gasteiger partial charge is 0.267 e. The molecule has 1 aromatic carbocycles. The Kier molecular flexibility index (Phi) is 4.04. The minimum absolute atomic E-state index is 0.0317. The number of nitrogens with one attached hydrogen (secondary N) is 3. The van der Waals surface area contributed by atoms with Gasteiger partial charge in [0.15, 0.2) is 0 Å². The second-order valence-corrected chi connectivity index (χ2v) is 6.38. The van der Waals surface area contributed by atoms with E-state index in [2.05, 4.69) is 31.2 Å².